The summed E-state index contributed by atoms with van der Waals surface area (Å²) >= 11 is 0. The molecular formula is C13H20N2. The highest BCUT2D eigenvalue weighted by Crippen LogP contribution is 2.13. The zero-order chi connectivity index (χ0) is 11.3. The number of aryl methyl sites for hydroxylation is 1. The van der Waals surface area contributed by atoms with E-state index in [0.29, 0.717) is 6.54 Å². The van der Waals surface area contributed by atoms with Crippen molar-refractivity contribution in [2.45, 2.75) is 32.7 Å². The molecule has 0 aliphatic carbocycles. The molecule has 0 aliphatic heterocycles. The summed E-state index contributed by atoms with van der Waals surface area (Å²) in [6.07, 6.45) is 2.84. The second kappa shape index (κ2) is 5.08. The van der Waals surface area contributed by atoms with Gasteiger partial charge in [0.15, 0.2) is 0 Å². The van der Waals surface area contributed by atoms with Crippen LogP contribution in [0.15, 0.2) is 29.3 Å². The van der Waals surface area contributed by atoms with Crippen molar-refractivity contribution in [3.8, 4) is 0 Å². The third kappa shape index (κ3) is 4.26. The van der Waals surface area contributed by atoms with E-state index in [1.807, 2.05) is 6.21 Å². The van der Waals surface area contributed by atoms with E-state index in [2.05, 4.69) is 50.0 Å². The van der Waals surface area contributed by atoms with E-state index in [1.54, 1.807) is 0 Å². The van der Waals surface area contributed by atoms with Crippen molar-refractivity contribution in [1.29, 1.82) is 0 Å². The number of hydrogen-bond acceptors (Lipinski definition) is 2. The Hall–Kier alpha value is -1.15. The number of hydrogen-bond donors (Lipinski definition) is 1. The highest BCUT2D eigenvalue weighted by atomic mass is 14.8. The topological polar surface area (TPSA) is 38.4 Å². The molecule has 0 atom stereocenters. The third-order valence-electron chi connectivity index (χ3n) is 2.40. The number of nitrogens with two attached hydrogens (primary N) is 1. The Morgan fingerprint density at radius 1 is 1.27 bits per heavy atom. The van der Waals surface area contributed by atoms with E-state index in [-0.39, 0.29) is 5.54 Å². The average Bonchev–Trinajstić information content (AvgIpc) is 2.17. The lowest BCUT2D eigenvalue weighted by Crippen LogP contribution is -2.21. The minimum atomic E-state index is -0.0559. The minimum absolute atomic E-state index is 0.0559. The summed E-state index contributed by atoms with van der Waals surface area (Å²) in [4.78, 5) is 4.54. The fourth-order valence-corrected chi connectivity index (χ4v) is 1.32. The van der Waals surface area contributed by atoms with Crippen LogP contribution in [-0.4, -0.2) is 18.3 Å². The molecule has 0 bridgehead atoms. The van der Waals surface area contributed by atoms with Crippen LogP contribution in [0.2, 0.25) is 0 Å². The molecule has 0 radical (unpaired) electrons. The number of nitrogens with zero attached hydrogens (tertiary/aromatic N) is 1. The first kappa shape index (κ1) is 11.9. The Morgan fingerprint density at radius 3 is 2.40 bits per heavy atom. The number of benzene rings is 1. The van der Waals surface area contributed by atoms with E-state index >= 15 is 0 Å². The second-order valence-corrected chi connectivity index (χ2v) is 4.52. The fraction of sp³-hybridized carbons (Fsp3) is 0.462. The van der Waals surface area contributed by atoms with Gasteiger partial charge in [0.05, 0.1) is 5.54 Å². The zero-order valence-corrected chi connectivity index (χ0v) is 9.83. The Labute approximate surface area is 92.2 Å². The van der Waals surface area contributed by atoms with Gasteiger partial charge in [-0.1, -0.05) is 29.8 Å². The zero-order valence-electron chi connectivity index (χ0n) is 9.83. The molecule has 2 heteroatoms. The Morgan fingerprint density at radius 2 is 1.87 bits per heavy atom. The molecule has 82 valence electrons. The van der Waals surface area contributed by atoms with Crippen LogP contribution < -0.4 is 5.73 Å². The maximum atomic E-state index is 5.53. The predicted octanol–water partition coefficient (Wildman–Crippen LogP) is 2.54. The second-order valence-electron chi connectivity index (χ2n) is 4.52. The van der Waals surface area contributed by atoms with Crippen LogP contribution in [0.3, 0.4) is 0 Å². The van der Waals surface area contributed by atoms with E-state index in [9.17, 15) is 0 Å². The van der Waals surface area contributed by atoms with Crippen molar-refractivity contribution in [2.24, 2.45) is 10.7 Å². The van der Waals surface area contributed by atoms with Crippen LogP contribution in [0.5, 0.6) is 0 Å². The Bertz CT molecular complexity index is 323. The molecule has 0 spiro atoms. The van der Waals surface area contributed by atoms with E-state index in [0.717, 1.165) is 12.0 Å². The van der Waals surface area contributed by atoms with E-state index in [1.165, 1.54) is 5.56 Å². The van der Waals surface area contributed by atoms with Gasteiger partial charge in [-0.15, -0.1) is 0 Å². The summed E-state index contributed by atoms with van der Waals surface area (Å²) in [5.74, 6) is 0. The largest absolute Gasteiger partial charge is 0.330 e. The smallest absolute Gasteiger partial charge is 0.0564 e. The molecule has 0 unspecified atom stereocenters. The van der Waals surface area contributed by atoms with Crippen molar-refractivity contribution in [2.75, 3.05) is 6.54 Å². The first-order valence-electron chi connectivity index (χ1n) is 5.35. The molecule has 0 amide bonds. The highest BCUT2D eigenvalue weighted by molar-refractivity contribution is 5.79. The van der Waals surface area contributed by atoms with Crippen molar-refractivity contribution in [1.82, 2.24) is 0 Å². The van der Waals surface area contributed by atoms with Crippen LogP contribution in [-0.2, 0) is 0 Å². The third-order valence-corrected chi connectivity index (χ3v) is 2.40. The van der Waals surface area contributed by atoms with E-state index < -0.39 is 0 Å². The predicted molar refractivity (Wildman–Crippen MR) is 66.5 cm³/mol. The molecule has 0 fully saturated rings. The van der Waals surface area contributed by atoms with Crippen molar-refractivity contribution >= 4 is 6.21 Å². The minimum Gasteiger partial charge on any atom is -0.330 e. The van der Waals surface area contributed by atoms with Gasteiger partial charge in [-0.05, 0) is 39.3 Å². The quantitative estimate of drug-likeness (QED) is 0.752. The molecule has 0 saturated heterocycles. The van der Waals surface area contributed by atoms with Crippen molar-refractivity contribution in [3.05, 3.63) is 35.4 Å². The van der Waals surface area contributed by atoms with Gasteiger partial charge in [0, 0.05) is 6.21 Å². The Balaban J connectivity index is 2.68. The molecule has 15 heavy (non-hydrogen) atoms. The lowest BCUT2D eigenvalue weighted by molar-refractivity contribution is 0.489. The van der Waals surface area contributed by atoms with Gasteiger partial charge in [-0.25, -0.2) is 0 Å². The van der Waals surface area contributed by atoms with Gasteiger partial charge in [-0.2, -0.15) is 0 Å². The molecule has 0 heterocycles. The molecule has 1 aromatic carbocycles. The van der Waals surface area contributed by atoms with Crippen LogP contribution in [0.25, 0.3) is 0 Å². The van der Waals surface area contributed by atoms with Crippen LogP contribution in [0, 0.1) is 6.92 Å². The molecule has 0 saturated carbocycles. The molecule has 1 rings (SSSR count). The molecule has 1 aromatic rings. The van der Waals surface area contributed by atoms with Crippen LogP contribution in [0.1, 0.15) is 31.4 Å². The van der Waals surface area contributed by atoms with Crippen molar-refractivity contribution < 1.29 is 0 Å². The first-order valence-corrected chi connectivity index (χ1v) is 5.35. The normalized spacial score (nSPS) is 12.3. The van der Waals surface area contributed by atoms with Crippen LogP contribution >= 0.6 is 0 Å². The summed E-state index contributed by atoms with van der Waals surface area (Å²) in [6, 6.07) is 8.35. The summed E-state index contributed by atoms with van der Waals surface area (Å²) in [5.41, 5.74) is 7.89. The molecule has 0 aromatic heterocycles. The average molecular weight is 204 g/mol. The summed E-state index contributed by atoms with van der Waals surface area (Å²) in [7, 11) is 0. The van der Waals surface area contributed by atoms with E-state index in [4.69, 9.17) is 5.73 Å². The molecule has 2 nitrogen and oxygen atoms in total. The maximum Gasteiger partial charge on any atom is 0.0564 e. The first-order chi connectivity index (χ1) is 7.03. The van der Waals surface area contributed by atoms with Gasteiger partial charge in [-0.3, -0.25) is 4.99 Å². The SMILES string of the molecule is Cc1ccc(C=NC(C)(C)CCN)cc1. The van der Waals surface area contributed by atoms with Gasteiger partial charge in [0.1, 0.15) is 0 Å². The van der Waals surface area contributed by atoms with Crippen molar-refractivity contribution in [3.63, 3.8) is 0 Å². The molecular weight excluding hydrogens is 184 g/mol. The molecule has 2 N–H and O–H groups in total. The van der Waals surface area contributed by atoms with Gasteiger partial charge in [0.25, 0.3) is 0 Å². The Kier molecular flexibility index (Phi) is 4.04. The lowest BCUT2D eigenvalue weighted by atomic mass is 10.0. The summed E-state index contributed by atoms with van der Waals surface area (Å²) in [6.45, 7) is 6.96. The molecule has 0 aliphatic rings. The van der Waals surface area contributed by atoms with Gasteiger partial charge < -0.3 is 5.73 Å². The summed E-state index contributed by atoms with van der Waals surface area (Å²) < 4.78 is 0. The fourth-order valence-electron chi connectivity index (χ4n) is 1.32. The lowest BCUT2D eigenvalue weighted by Gasteiger charge is -2.17. The number of rotatable bonds is 4. The maximum absolute atomic E-state index is 5.53. The van der Waals surface area contributed by atoms with Gasteiger partial charge in [0.2, 0.25) is 0 Å². The highest BCUT2D eigenvalue weighted by Gasteiger charge is 2.12. The standard InChI is InChI=1S/C13H20N2/c1-11-4-6-12(7-5-11)10-15-13(2,3)8-9-14/h4-7,10H,8-9,14H2,1-3H3. The monoisotopic (exact) mass is 204 g/mol. The van der Waals surface area contributed by atoms with Gasteiger partial charge >= 0.3 is 0 Å². The number of aliphatic imine (C=N–C) groups is 1. The van der Waals surface area contributed by atoms with Crippen LogP contribution in [0.4, 0.5) is 0 Å². The summed E-state index contributed by atoms with van der Waals surface area (Å²) in [5, 5.41) is 0.